The van der Waals surface area contributed by atoms with Crippen molar-refractivity contribution in [3.8, 4) is 5.88 Å². The van der Waals surface area contributed by atoms with E-state index >= 15 is 0 Å². The summed E-state index contributed by atoms with van der Waals surface area (Å²) < 4.78 is 5.83. The van der Waals surface area contributed by atoms with Crippen LogP contribution >= 0.6 is 11.6 Å². The van der Waals surface area contributed by atoms with Gasteiger partial charge in [-0.05, 0) is 31.7 Å². The topological polar surface area (TPSA) is 48.1 Å². The van der Waals surface area contributed by atoms with Crippen molar-refractivity contribution in [3.05, 3.63) is 17.3 Å². The first kappa shape index (κ1) is 11.5. The van der Waals surface area contributed by atoms with E-state index in [1.54, 1.807) is 12.3 Å². The van der Waals surface area contributed by atoms with E-state index in [0.717, 1.165) is 12.8 Å². The fourth-order valence-electron chi connectivity index (χ4n) is 2.06. The number of hydrogen-bond donors (Lipinski definition) is 1. The van der Waals surface area contributed by atoms with Gasteiger partial charge >= 0.3 is 0 Å². The van der Waals surface area contributed by atoms with Crippen molar-refractivity contribution >= 4 is 17.3 Å². The van der Waals surface area contributed by atoms with Gasteiger partial charge in [0.05, 0.1) is 10.7 Å². The Morgan fingerprint density at radius 3 is 2.56 bits per heavy atom. The Balaban J connectivity index is 2.01. The molecular formula is C12H17ClN2O. The molecule has 1 aliphatic rings. The summed E-state index contributed by atoms with van der Waals surface area (Å²) in [7, 11) is 0. The molecule has 0 spiro atoms. The fourth-order valence-corrected chi connectivity index (χ4v) is 2.22. The number of halogens is 1. The van der Waals surface area contributed by atoms with Gasteiger partial charge in [-0.3, -0.25) is 0 Å². The average Bonchev–Trinajstić information content (AvgIpc) is 2.51. The Morgan fingerprint density at radius 2 is 1.94 bits per heavy atom. The Morgan fingerprint density at radius 1 is 1.25 bits per heavy atom. The Kier molecular flexibility index (Phi) is 3.88. The molecule has 88 valence electrons. The third-order valence-electron chi connectivity index (χ3n) is 2.93. The highest BCUT2D eigenvalue weighted by molar-refractivity contribution is 6.30. The first-order valence-corrected chi connectivity index (χ1v) is 6.21. The van der Waals surface area contributed by atoms with Crippen LogP contribution in [0.4, 0.5) is 5.69 Å². The molecule has 4 heteroatoms. The summed E-state index contributed by atoms with van der Waals surface area (Å²) in [6, 6.07) is 1.68. The smallest absolute Gasteiger partial charge is 0.237 e. The molecule has 1 aliphatic carbocycles. The van der Waals surface area contributed by atoms with Gasteiger partial charge in [-0.2, -0.15) is 0 Å². The molecular weight excluding hydrogens is 224 g/mol. The summed E-state index contributed by atoms with van der Waals surface area (Å²) >= 11 is 5.79. The number of nitrogen functional groups attached to an aromatic ring is 1. The van der Waals surface area contributed by atoms with Crippen molar-refractivity contribution in [3.63, 3.8) is 0 Å². The van der Waals surface area contributed by atoms with Gasteiger partial charge in [-0.1, -0.05) is 24.4 Å². The minimum absolute atomic E-state index is 0.262. The number of aromatic nitrogens is 1. The molecule has 0 aromatic carbocycles. The summed E-state index contributed by atoms with van der Waals surface area (Å²) in [6.07, 6.45) is 9.12. The van der Waals surface area contributed by atoms with Crippen molar-refractivity contribution in [1.29, 1.82) is 0 Å². The molecule has 1 saturated carbocycles. The zero-order chi connectivity index (χ0) is 11.4. The molecule has 16 heavy (non-hydrogen) atoms. The zero-order valence-corrected chi connectivity index (χ0v) is 10.0. The highest BCUT2D eigenvalue weighted by atomic mass is 35.5. The third kappa shape index (κ3) is 3.01. The monoisotopic (exact) mass is 240 g/mol. The molecule has 2 rings (SSSR count). The van der Waals surface area contributed by atoms with Crippen LogP contribution in [-0.2, 0) is 0 Å². The van der Waals surface area contributed by atoms with Gasteiger partial charge < -0.3 is 10.5 Å². The Bertz CT molecular complexity index is 349. The maximum absolute atomic E-state index is 5.83. The van der Waals surface area contributed by atoms with E-state index in [2.05, 4.69) is 4.98 Å². The number of pyridine rings is 1. The van der Waals surface area contributed by atoms with Gasteiger partial charge in [0.2, 0.25) is 5.88 Å². The van der Waals surface area contributed by atoms with E-state index in [1.165, 1.54) is 25.7 Å². The van der Waals surface area contributed by atoms with E-state index in [1.807, 2.05) is 0 Å². The number of ether oxygens (including phenoxy) is 1. The highest BCUT2D eigenvalue weighted by Crippen LogP contribution is 2.26. The van der Waals surface area contributed by atoms with Gasteiger partial charge in [0.25, 0.3) is 0 Å². The normalized spacial score (nSPS) is 18.1. The van der Waals surface area contributed by atoms with E-state index in [4.69, 9.17) is 22.1 Å². The molecule has 0 bridgehead atoms. The predicted molar refractivity (Wildman–Crippen MR) is 65.8 cm³/mol. The minimum Gasteiger partial charge on any atom is -0.473 e. The molecule has 0 aliphatic heterocycles. The maximum atomic E-state index is 5.83. The first-order chi connectivity index (χ1) is 7.75. The van der Waals surface area contributed by atoms with Crippen LogP contribution in [0.3, 0.4) is 0 Å². The van der Waals surface area contributed by atoms with Gasteiger partial charge in [-0.15, -0.1) is 0 Å². The number of nitrogens with two attached hydrogens (primary N) is 1. The Labute approximate surface area is 101 Å². The van der Waals surface area contributed by atoms with Crippen LogP contribution in [-0.4, -0.2) is 11.1 Å². The molecule has 3 nitrogen and oxygen atoms in total. The molecule has 0 saturated heterocycles. The lowest BCUT2D eigenvalue weighted by Gasteiger charge is -2.17. The quantitative estimate of drug-likeness (QED) is 0.806. The van der Waals surface area contributed by atoms with Crippen molar-refractivity contribution < 1.29 is 4.74 Å². The summed E-state index contributed by atoms with van der Waals surface area (Å²) in [5, 5.41) is 0.547. The van der Waals surface area contributed by atoms with E-state index < -0.39 is 0 Å². The number of hydrogen-bond acceptors (Lipinski definition) is 3. The van der Waals surface area contributed by atoms with Crippen LogP contribution in [0.25, 0.3) is 0 Å². The molecule has 1 aromatic heterocycles. The molecule has 0 amide bonds. The number of nitrogens with zero attached hydrogens (tertiary/aromatic N) is 1. The lowest BCUT2D eigenvalue weighted by molar-refractivity contribution is 0.177. The Hall–Kier alpha value is -0.960. The summed E-state index contributed by atoms with van der Waals surface area (Å²) in [5.74, 6) is 0.524. The van der Waals surface area contributed by atoms with Crippen LogP contribution in [0.5, 0.6) is 5.88 Å². The standard InChI is InChI=1S/C12H17ClN2O/c13-9-7-11(14)12(15-8-9)16-10-5-3-1-2-4-6-10/h7-8,10H,1-6,14H2. The molecule has 0 atom stereocenters. The summed E-state index contributed by atoms with van der Waals surface area (Å²) in [6.45, 7) is 0. The molecule has 1 heterocycles. The largest absolute Gasteiger partial charge is 0.473 e. The molecule has 1 aromatic rings. The van der Waals surface area contributed by atoms with Crippen molar-refractivity contribution in [2.75, 3.05) is 5.73 Å². The second kappa shape index (κ2) is 5.39. The molecule has 0 unspecified atom stereocenters. The van der Waals surface area contributed by atoms with Crippen LogP contribution in [0.2, 0.25) is 5.02 Å². The number of rotatable bonds is 2. The number of anilines is 1. The lowest BCUT2D eigenvalue weighted by Crippen LogP contribution is -2.16. The fraction of sp³-hybridized carbons (Fsp3) is 0.583. The van der Waals surface area contributed by atoms with Gasteiger partial charge in [0, 0.05) is 6.20 Å². The molecule has 2 N–H and O–H groups in total. The summed E-state index contributed by atoms with van der Waals surface area (Å²) in [4.78, 5) is 4.12. The van der Waals surface area contributed by atoms with E-state index in [9.17, 15) is 0 Å². The second-order valence-corrected chi connectivity index (χ2v) is 4.72. The van der Waals surface area contributed by atoms with Crippen LogP contribution in [0.15, 0.2) is 12.3 Å². The van der Waals surface area contributed by atoms with Gasteiger partial charge in [-0.25, -0.2) is 4.98 Å². The lowest BCUT2D eigenvalue weighted by atomic mass is 10.1. The SMILES string of the molecule is Nc1cc(Cl)cnc1OC1CCCCCC1. The predicted octanol–water partition coefficient (Wildman–Crippen LogP) is 3.42. The van der Waals surface area contributed by atoms with Crippen LogP contribution in [0, 0.1) is 0 Å². The third-order valence-corrected chi connectivity index (χ3v) is 3.13. The van der Waals surface area contributed by atoms with E-state index in [-0.39, 0.29) is 6.10 Å². The zero-order valence-electron chi connectivity index (χ0n) is 9.29. The average molecular weight is 241 g/mol. The van der Waals surface area contributed by atoms with Gasteiger partial charge in [0.15, 0.2) is 0 Å². The van der Waals surface area contributed by atoms with Crippen LogP contribution in [0.1, 0.15) is 38.5 Å². The van der Waals surface area contributed by atoms with Crippen molar-refractivity contribution in [1.82, 2.24) is 4.98 Å². The maximum Gasteiger partial charge on any atom is 0.237 e. The van der Waals surface area contributed by atoms with Crippen molar-refractivity contribution in [2.45, 2.75) is 44.6 Å². The summed E-state index contributed by atoms with van der Waals surface area (Å²) in [5.41, 5.74) is 6.33. The second-order valence-electron chi connectivity index (χ2n) is 4.28. The minimum atomic E-state index is 0.262. The first-order valence-electron chi connectivity index (χ1n) is 5.83. The van der Waals surface area contributed by atoms with E-state index in [0.29, 0.717) is 16.6 Å². The van der Waals surface area contributed by atoms with Crippen molar-refractivity contribution in [2.24, 2.45) is 0 Å². The van der Waals surface area contributed by atoms with Crippen LogP contribution < -0.4 is 10.5 Å². The van der Waals surface area contributed by atoms with Gasteiger partial charge in [0.1, 0.15) is 6.10 Å². The molecule has 1 fully saturated rings. The molecule has 0 radical (unpaired) electrons. The highest BCUT2D eigenvalue weighted by Gasteiger charge is 2.15.